The lowest BCUT2D eigenvalue weighted by molar-refractivity contribution is 0.283. The number of nitrogens with two attached hydrogens (primary N) is 1. The van der Waals surface area contributed by atoms with Gasteiger partial charge in [-0.15, -0.1) is 0 Å². The summed E-state index contributed by atoms with van der Waals surface area (Å²) in [5.41, 5.74) is 8.08. The molecule has 0 amide bonds. The van der Waals surface area contributed by atoms with Crippen molar-refractivity contribution in [1.82, 2.24) is 0 Å². The predicted molar refractivity (Wildman–Crippen MR) is 81.1 cm³/mol. The van der Waals surface area contributed by atoms with Crippen LogP contribution in [-0.4, -0.2) is 13.2 Å². The van der Waals surface area contributed by atoms with Gasteiger partial charge in [0, 0.05) is 6.04 Å². The standard InChI is InChI=1S/C17H21NO2/c1-13(18)11-15-9-6-10-16(17(15)19-2)20-12-14-7-4-3-5-8-14/h3-10,13H,11-12,18H2,1-2H3. The van der Waals surface area contributed by atoms with Crippen LogP contribution in [0, 0.1) is 0 Å². The van der Waals surface area contributed by atoms with Crippen molar-refractivity contribution in [3.8, 4) is 11.5 Å². The first kappa shape index (κ1) is 14.4. The Balaban J connectivity index is 2.14. The molecule has 0 saturated carbocycles. The maximum absolute atomic E-state index is 5.87. The maximum Gasteiger partial charge on any atom is 0.163 e. The molecule has 0 spiro atoms. The van der Waals surface area contributed by atoms with Crippen LogP contribution in [-0.2, 0) is 13.0 Å². The fraction of sp³-hybridized carbons (Fsp3) is 0.294. The second kappa shape index (κ2) is 6.96. The van der Waals surface area contributed by atoms with Crippen LogP contribution >= 0.6 is 0 Å². The second-order valence-electron chi connectivity index (χ2n) is 4.90. The SMILES string of the molecule is COc1c(CC(C)N)cccc1OCc1ccccc1. The zero-order valence-corrected chi connectivity index (χ0v) is 12.0. The molecule has 0 heterocycles. The lowest BCUT2D eigenvalue weighted by Gasteiger charge is -2.15. The van der Waals surface area contributed by atoms with E-state index < -0.39 is 0 Å². The van der Waals surface area contributed by atoms with E-state index in [0.717, 1.165) is 29.0 Å². The number of hydrogen-bond donors (Lipinski definition) is 1. The summed E-state index contributed by atoms with van der Waals surface area (Å²) in [6, 6.07) is 16.1. The quantitative estimate of drug-likeness (QED) is 0.877. The van der Waals surface area contributed by atoms with E-state index in [-0.39, 0.29) is 6.04 Å². The van der Waals surface area contributed by atoms with Crippen molar-refractivity contribution in [3.05, 3.63) is 59.7 Å². The fourth-order valence-electron chi connectivity index (χ4n) is 2.15. The van der Waals surface area contributed by atoms with Crippen LogP contribution in [0.1, 0.15) is 18.1 Å². The van der Waals surface area contributed by atoms with Crippen LogP contribution in [0.2, 0.25) is 0 Å². The Morgan fingerprint density at radius 1 is 1.05 bits per heavy atom. The summed E-state index contributed by atoms with van der Waals surface area (Å²) < 4.78 is 11.4. The van der Waals surface area contributed by atoms with E-state index in [4.69, 9.17) is 15.2 Å². The normalized spacial score (nSPS) is 11.9. The molecule has 0 aliphatic rings. The van der Waals surface area contributed by atoms with Gasteiger partial charge in [-0.3, -0.25) is 0 Å². The van der Waals surface area contributed by atoms with Gasteiger partial charge in [0.15, 0.2) is 11.5 Å². The summed E-state index contributed by atoms with van der Waals surface area (Å²) in [5, 5.41) is 0. The van der Waals surface area contributed by atoms with Crippen LogP contribution in [0.15, 0.2) is 48.5 Å². The molecule has 1 atom stereocenters. The van der Waals surface area contributed by atoms with Crippen molar-refractivity contribution < 1.29 is 9.47 Å². The molecule has 0 aliphatic heterocycles. The minimum atomic E-state index is 0.0910. The van der Waals surface area contributed by atoms with Gasteiger partial charge < -0.3 is 15.2 Å². The van der Waals surface area contributed by atoms with Gasteiger partial charge in [-0.1, -0.05) is 42.5 Å². The summed E-state index contributed by atoms with van der Waals surface area (Å²) in [6.45, 7) is 2.51. The van der Waals surface area contributed by atoms with Crippen LogP contribution in [0.3, 0.4) is 0 Å². The molecule has 0 bridgehead atoms. The third-order valence-electron chi connectivity index (χ3n) is 3.04. The van der Waals surface area contributed by atoms with E-state index in [1.807, 2.05) is 55.5 Å². The Kier molecular flexibility index (Phi) is 5.02. The molecule has 3 nitrogen and oxygen atoms in total. The Morgan fingerprint density at radius 2 is 1.80 bits per heavy atom. The minimum absolute atomic E-state index is 0.0910. The highest BCUT2D eigenvalue weighted by Gasteiger charge is 2.11. The molecule has 0 aliphatic carbocycles. The predicted octanol–water partition coefficient (Wildman–Crippen LogP) is 3.16. The van der Waals surface area contributed by atoms with Gasteiger partial charge in [0.25, 0.3) is 0 Å². The van der Waals surface area contributed by atoms with Gasteiger partial charge in [0.05, 0.1) is 7.11 Å². The molecule has 0 aromatic heterocycles. The second-order valence-corrected chi connectivity index (χ2v) is 4.90. The topological polar surface area (TPSA) is 44.5 Å². The summed E-state index contributed by atoms with van der Waals surface area (Å²) >= 11 is 0. The van der Waals surface area contributed by atoms with Crippen molar-refractivity contribution in [2.75, 3.05) is 7.11 Å². The van der Waals surface area contributed by atoms with Crippen LogP contribution in [0.4, 0.5) is 0 Å². The Labute approximate surface area is 120 Å². The first-order chi connectivity index (χ1) is 9.70. The highest BCUT2D eigenvalue weighted by molar-refractivity contribution is 5.47. The van der Waals surface area contributed by atoms with E-state index in [9.17, 15) is 0 Å². The van der Waals surface area contributed by atoms with E-state index in [0.29, 0.717) is 6.61 Å². The van der Waals surface area contributed by atoms with E-state index >= 15 is 0 Å². The molecule has 0 fully saturated rings. The third-order valence-corrected chi connectivity index (χ3v) is 3.04. The highest BCUT2D eigenvalue weighted by atomic mass is 16.5. The molecule has 0 radical (unpaired) electrons. The number of methoxy groups -OCH3 is 1. The number of para-hydroxylation sites is 1. The van der Waals surface area contributed by atoms with E-state index in [1.54, 1.807) is 7.11 Å². The molecule has 2 aromatic rings. The first-order valence-corrected chi connectivity index (χ1v) is 6.79. The van der Waals surface area contributed by atoms with Crippen molar-refractivity contribution in [1.29, 1.82) is 0 Å². The molecule has 3 heteroatoms. The summed E-state index contributed by atoms with van der Waals surface area (Å²) in [7, 11) is 1.66. The molecule has 20 heavy (non-hydrogen) atoms. The van der Waals surface area contributed by atoms with Gasteiger partial charge in [0.1, 0.15) is 6.61 Å². The number of ether oxygens (including phenoxy) is 2. The summed E-state index contributed by atoms with van der Waals surface area (Å²) in [5.74, 6) is 1.54. The van der Waals surface area contributed by atoms with Crippen LogP contribution in [0.5, 0.6) is 11.5 Å². The largest absolute Gasteiger partial charge is 0.493 e. The Morgan fingerprint density at radius 3 is 2.45 bits per heavy atom. The molecule has 2 rings (SSSR count). The Hall–Kier alpha value is -2.00. The molecule has 0 saturated heterocycles. The summed E-state index contributed by atoms with van der Waals surface area (Å²) in [6.07, 6.45) is 0.770. The zero-order valence-electron chi connectivity index (χ0n) is 12.0. The Bertz CT molecular complexity index is 538. The van der Waals surface area contributed by atoms with Gasteiger partial charge in [0.2, 0.25) is 0 Å². The fourth-order valence-corrected chi connectivity index (χ4v) is 2.15. The zero-order chi connectivity index (χ0) is 14.4. The van der Waals surface area contributed by atoms with E-state index in [1.165, 1.54) is 0 Å². The van der Waals surface area contributed by atoms with Crippen LogP contribution in [0.25, 0.3) is 0 Å². The monoisotopic (exact) mass is 271 g/mol. The van der Waals surface area contributed by atoms with Crippen molar-refractivity contribution >= 4 is 0 Å². The smallest absolute Gasteiger partial charge is 0.163 e. The molecule has 2 N–H and O–H groups in total. The van der Waals surface area contributed by atoms with Gasteiger partial charge in [-0.05, 0) is 30.5 Å². The number of rotatable bonds is 6. The number of hydrogen-bond acceptors (Lipinski definition) is 3. The van der Waals surface area contributed by atoms with Gasteiger partial charge in [-0.25, -0.2) is 0 Å². The molecule has 1 unspecified atom stereocenters. The van der Waals surface area contributed by atoms with Crippen molar-refractivity contribution in [3.63, 3.8) is 0 Å². The number of benzene rings is 2. The summed E-state index contributed by atoms with van der Waals surface area (Å²) in [4.78, 5) is 0. The van der Waals surface area contributed by atoms with Crippen LogP contribution < -0.4 is 15.2 Å². The average Bonchev–Trinajstić information content (AvgIpc) is 2.45. The minimum Gasteiger partial charge on any atom is -0.493 e. The van der Waals surface area contributed by atoms with Crippen molar-refractivity contribution in [2.24, 2.45) is 5.73 Å². The average molecular weight is 271 g/mol. The van der Waals surface area contributed by atoms with Crippen molar-refractivity contribution in [2.45, 2.75) is 26.0 Å². The lowest BCUT2D eigenvalue weighted by Crippen LogP contribution is -2.18. The molecular formula is C17H21NO2. The molecule has 106 valence electrons. The van der Waals surface area contributed by atoms with Gasteiger partial charge >= 0.3 is 0 Å². The van der Waals surface area contributed by atoms with E-state index in [2.05, 4.69) is 0 Å². The van der Waals surface area contributed by atoms with Gasteiger partial charge in [-0.2, -0.15) is 0 Å². The first-order valence-electron chi connectivity index (χ1n) is 6.79. The molecule has 2 aromatic carbocycles. The third kappa shape index (κ3) is 3.75. The maximum atomic E-state index is 5.87. The highest BCUT2D eigenvalue weighted by Crippen LogP contribution is 2.32. The lowest BCUT2D eigenvalue weighted by atomic mass is 10.1. The molecular weight excluding hydrogens is 250 g/mol.